The third-order valence-corrected chi connectivity index (χ3v) is 4.19. The highest BCUT2D eigenvalue weighted by Crippen LogP contribution is 2.19. The van der Waals surface area contributed by atoms with E-state index in [1.165, 1.54) is 0 Å². The first-order chi connectivity index (χ1) is 10.0. The van der Waals surface area contributed by atoms with Crippen molar-refractivity contribution in [3.8, 4) is 11.8 Å². The number of carbonyl (C=O) groups is 1. The summed E-state index contributed by atoms with van der Waals surface area (Å²) >= 11 is 7.87. The second kappa shape index (κ2) is 8.99. The summed E-state index contributed by atoms with van der Waals surface area (Å²) in [6.07, 6.45) is 2.43. The average Bonchev–Trinajstić information content (AvgIpc) is 2.47. The Hall–Kier alpha value is -1.15. The van der Waals surface area contributed by atoms with Crippen LogP contribution >= 0.6 is 23.4 Å². The van der Waals surface area contributed by atoms with E-state index < -0.39 is 0 Å². The number of nitrogens with zero attached hydrogens (tertiary/aromatic N) is 1. The smallest absolute Gasteiger partial charge is 0.253 e. The van der Waals surface area contributed by atoms with Gasteiger partial charge < -0.3 is 10.0 Å². The van der Waals surface area contributed by atoms with Gasteiger partial charge in [-0.2, -0.15) is 11.8 Å². The average molecular weight is 326 g/mol. The van der Waals surface area contributed by atoms with Crippen molar-refractivity contribution in [2.45, 2.75) is 19.4 Å². The number of aliphatic hydroxyl groups excluding tert-OH is 1. The minimum atomic E-state index is -0.0479. The summed E-state index contributed by atoms with van der Waals surface area (Å²) in [5.41, 5.74) is 1.23. The number of aliphatic hydroxyl groups is 1. The highest BCUT2D eigenvalue weighted by molar-refractivity contribution is 7.98. The Kier molecular flexibility index (Phi) is 7.66. The lowest BCUT2D eigenvalue weighted by atomic mass is 10.1. The summed E-state index contributed by atoms with van der Waals surface area (Å²) in [7, 11) is 1.80. The molecule has 0 bridgehead atoms. The molecule has 0 aliphatic heterocycles. The summed E-state index contributed by atoms with van der Waals surface area (Å²) in [6.45, 7) is 2.05. The monoisotopic (exact) mass is 325 g/mol. The molecule has 3 nitrogen and oxygen atoms in total. The molecule has 1 amide bonds. The van der Waals surface area contributed by atoms with Crippen molar-refractivity contribution in [2.24, 2.45) is 0 Å². The first-order valence-corrected chi connectivity index (χ1v) is 8.43. The topological polar surface area (TPSA) is 40.5 Å². The van der Waals surface area contributed by atoms with E-state index in [-0.39, 0.29) is 18.6 Å². The lowest BCUT2D eigenvalue weighted by Gasteiger charge is -2.24. The van der Waals surface area contributed by atoms with Crippen LogP contribution in [-0.2, 0) is 0 Å². The predicted octanol–water partition coefficient (Wildman–Crippen LogP) is 2.90. The van der Waals surface area contributed by atoms with Crippen molar-refractivity contribution in [1.29, 1.82) is 0 Å². The molecule has 0 spiro atoms. The highest BCUT2D eigenvalue weighted by Gasteiger charge is 2.17. The predicted molar refractivity (Wildman–Crippen MR) is 90.0 cm³/mol. The molecule has 21 heavy (non-hydrogen) atoms. The van der Waals surface area contributed by atoms with Gasteiger partial charge in [0.15, 0.2) is 0 Å². The van der Waals surface area contributed by atoms with E-state index in [1.54, 1.807) is 41.9 Å². The molecule has 1 unspecified atom stereocenters. The van der Waals surface area contributed by atoms with Gasteiger partial charge in [0.05, 0.1) is 11.6 Å². The molecule has 0 aliphatic rings. The van der Waals surface area contributed by atoms with Crippen molar-refractivity contribution in [2.75, 3.05) is 25.7 Å². The summed E-state index contributed by atoms with van der Waals surface area (Å²) in [4.78, 5) is 14.1. The largest absolute Gasteiger partial charge is 0.395 e. The maximum Gasteiger partial charge on any atom is 0.253 e. The Morgan fingerprint density at radius 1 is 1.52 bits per heavy atom. The number of amides is 1. The Labute approximate surface area is 135 Å². The minimum Gasteiger partial charge on any atom is -0.395 e. The number of hydrogen-bond acceptors (Lipinski definition) is 3. The lowest BCUT2D eigenvalue weighted by molar-refractivity contribution is 0.0757. The van der Waals surface area contributed by atoms with E-state index in [0.29, 0.717) is 22.6 Å². The summed E-state index contributed by atoms with van der Waals surface area (Å²) < 4.78 is 0. The van der Waals surface area contributed by atoms with Crippen LogP contribution in [0.4, 0.5) is 0 Å². The first kappa shape index (κ1) is 17.9. The van der Waals surface area contributed by atoms with E-state index in [0.717, 1.165) is 5.75 Å². The van der Waals surface area contributed by atoms with Gasteiger partial charge >= 0.3 is 0 Å². The minimum absolute atomic E-state index is 0.0271. The van der Waals surface area contributed by atoms with Crippen LogP contribution in [0.1, 0.15) is 29.3 Å². The molecule has 0 aromatic heterocycles. The number of halogens is 1. The normalized spacial score (nSPS) is 11.5. The molecule has 0 saturated carbocycles. The molecule has 114 valence electrons. The lowest BCUT2D eigenvalue weighted by Crippen LogP contribution is -2.36. The van der Waals surface area contributed by atoms with Gasteiger partial charge in [0, 0.05) is 36.4 Å². The zero-order valence-corrected chi connectivity index (χ0v) is 14.1. The fourth-order valence-corrected chi connectivity index (χ4v) is 2.65. The van der Waals surface area contributed by atoms with E-state index in [4.69, 9.17) is 16.7 Å². The van der Waals surface area contributed by atoms with E-state index in [2.05, 4.69) is 11.8 Å². The molecule has 0 fully saturated rings. The van der Waals surface area contributed by atoms with Crippen LogP contribution in [0.3, 0.4) is 0 Å². The number of benzene rings is 1. The van der Waals surface area contributed by atoms with Gasteiger partial charge in [-0.25, -0.2) is 0 Å². The first-order valence-electron chi connectivity index (χ1n) is 6.66. The number of hydrogen-bond donors (Lipinski definition) is 1. The molecule has 1 aromatic carbocycles. The fourth-order valence-electron chi connectivity index (χ4n) is 1.72. The highest BCUT2D eigenvalue weighted by atomic mass is 35.5. The van der Waals surface area contributed by atoms with Crippen molar-refractivity contribution < 1.29 is 9.90 Å². The van der Waals surface area contributed by atoms with Crippen LogP contribution in [0.15, 0.2) is 18.2 Å². The fraction of sp³-hybridized carbons (Fsp3) is 0.438. The van der Waals surface area contributed by atoms with Crippen LogP contribution in [0.2, 0.25) is 5.02 Å². The van der Waals surface area contributed by atoms with Crippen LogP contribution in [0.25, 0.3) is 0 Å². The SMILES string of the molecule is CSCC(C)N(C)C(=O)c1ccc(C#CCCO)c(Cl)c1. The number of thioether (sulfide) groups is 1. The van der Waals surface area contributed by atoms with Crippen LogP contribution < -0.4 is 0 Å². The van der Waals surface area contributed by atoms with Gasteiger partial charge in [0.1, 0.15) is 0 Å². The zero-order chi connectivity index (χ0) is 15.8. The molecule has 0 saturated heterocycles. The van der Waals surface area contributed by atoms with Crippen molar-refractivity contribution in [3.05, 3.63) is 34.3 Å². The van der Waals surface area contributed by atoms with Gasteiger partial charge in [-0.15, -0.1) is 0 Å². The third-order valence-electron chi connectivity index (χ3n) is 3.07. The van der Waals surface area contributed by atoms with Crippen LogP contribution in [-0.4, -0.2) is 47.6 Å². The van der Waals surface area contributed by atoms with Crippen molar-refractivity contribution in [3.63, 3.8) is 0 Å². The Balaban J connectivity index is 2.88. The Morgan fingerprint density at radius 3 is 2.81 bits per heavy atom. The summed E-state index contributed by atoms with van der Waals surface area (Å²) in [5, 5.41) is 9.16. The zero-order valence-electron chi connectivity index (χ0n) is 12.5. The molecule has 1 atom stereocenters. The van der Waals surface area contributed by atoms with Crippen molar-refractivity contribution in [1.82, 2.24) is 4.90 Å². The molecule has 5 heteroatoms. The molecule has 0 heterocycles. The van der Waals surface area contributed by atoms with E-state index >= 15 is 0 Å². The molecule has 0 aliphatic carbocycles. The number of carbonyl (C=O) groups excluding carboxylic acids is 1. The van der Waals surface area contributed by atoms with E-state index in [9.17, 15) is 4.79 Å². The quantitative estimate of drug-likeness (QED) is 0.846. The van der Waals surface area contributed by atoms with Crippen molar-refractivity contribution >= 4 is 29.3 Å². The van der Waals surface area contributed by atoms with Gasteiger partial charge in [-0.05, 0) is 31.4 Å². The molecule has 0 radical (unpaired) electrons. The third kappa shape index (κ3) is 5.28. The standard InChI is InChI=1S/C16H20ClNO2S/c1-12(11-21-3)18(2)16(20)14-8-7-13(15(17)10-14)6-4-5-9-19/h7-8,10,12,19H,5,9,11H2,1-3H3. The number of rotatable bonds is 5. The second-order valence-corrected chi connectivity index (χ2v) is 6.01. The van der Waals surface area contributed by atoms with Crippen LogP contribution in [0.5, 0.6) is 0 Å². The molecule has 1 N–H and O–H groups in total. The van der Waals surface area contributed by atoms with Gasteiger partial charge in [0.2, 0.25) is 0 Å². The Bertz CT molecular complexity index is 551. The molecular weight excluding hydrogens is 306 g/mol. The van der Waals surface area contributed by atoms with Crippen LogP contribution in [0, 0.1) is 11.8 Å². The van der Waals surface area contributed by atoms with Gasteiger partial charge in [-0.3, -0.25) is 4.79 Å². The molecule has 1 rings (SSSR count). The summed E-state index contributed by atoms with van der Waals surface area (Å²) in [5.74, 6) is 6.54. The molecular formula is C16H20ClNO2S. The van der Waals surface area contributed by atoms with Gasteiger partial charge in [-0.1, -0.05) is 23.4 Å². The maximum absolute atomic E-state index is 12.4. The molecule has 1 aromatic rings. The Morgan fingerprint density at radius 2 is 2.24 bits per heavy atom. The second-order valence-electron chi connectivity index (χ2n) is 4.69. The summed E-state index contributed by atoms with van der Waals surface area (Å²) in [6, 6.07) is 5.29. The van der Waals surface area contributed by atoms with Gasteiger partial charge in [0.25, 0.3) is 5.91 Å². The van der Waals surface area contributed by atoms with E-state index in [1.807, 2.05) is 13.2 Å². The maximum atomic E-state index is 12.4.